The number of rotatable bonds is 4. The Morgan fingerprint density at radius 1 is 0.926 bits per heavy atom. The molecule has 0 aromatic carbocycles. The van der Waals surface area contributed by atoms with Gasteiger partial charge in [0.15, 0.2) is 0 Å². The molecular weight excluding hydrogens is 380 g/mol. The average Bonchev–Trinajstić information content (AvgIpc) is 3.12. The van der Waals surface area contributed by atoms with Crippen LogP contribution in [0, 0.1) is 34.1 Å². The molecule has 1 heterocycles. The van der Waals surface area contributed by atoms with Gasteiger partial charge in [0.1, 0.15) is 0 Å². The van der Waals surface area contributed by atoms with E-state index < -0.39 is 8.24 Å². The first-order chi connectivity index (χ1) is 10.8. The fraction of sp³-hybridized carbons (Fsp3) is 0.870. The van der Waals surface area contributed by atoms with Crippen molar-refractivity contribution in [1.82, 2.24) is 4.90 Å². The molecule has 2 nitrogen and oxygen atoms in total. The molecule has 158 valence electrons. The van der Waals surface area contributed by atoms with Crippen LogP contribution in [0.3, 0.4) is 0 Å². The van der Waals surface area contributed by atoms with Crippen molar-refractivity contribution in [2.45, 2.75) is 102 Å². The Balaban J connectivity index is 0. The zero-order valence-corrected chi connectivity index (χ0v) is 22.3. The molecule has 0 N–H and O–H groups in total. The summed E-state index contributed by atoms with van der Waals surface area (Å²) in [6.45, 7) is 14.8. The van der Waals surface area contributed by atoms with Crippen molar-refractivity contribution in [3.63, 3.8) is 0 Å². The van der Waals surface area contributed by atoms with E-state index in [4.69, 9.17) is 4.98 Å². The van der Waals surface area contributed by atoms with Gasteiger partial charge < -0.3 is 32.2 Å². The summed E-state index contributed by atoms with van der Waals surface area (Å²) in [5.74, 6) is 2.00. The van der Waals surface area contributed by atoms with E-state index in [-0.39, 0.29) is 49.5 Å². The van der Waals surface area contributed by atoms with Gasteiger partial charge in [-0.2, -0.15) is 0 Å². The topological polar surface area (TPSA) is 17.3 Å². The third kappa shape index (κ3) is 6.67. The van der Waals surface area contributed by atoms with Crippen LogP contribution in [0.4, 0.5) is 0 Å². The van der Waals surface area contributed by atoms with Gasteiger partial charge in [0.2, 0.25) is 0 Å². The van der Waals surface area contributed by atoms with Crippen molar-refractivity contribution in [3.05, 3.63) is 27.3 Å². The minimum Gasteiger partial charge on any atom is -0.659 e. The maximum absolute atomic E-state index is 5.51. The molecular formula is C23H48N2SiTi. The Labute approximate surface area is 189 Å². The van der Waals surface area contributed by atoms with E-state index in [1.54, 1.807) is 0 Å². The molecule has 27 heavy (non-hydrogen) atoms. The number of hydrogen-bond acceptors (Lipinski definition) is 1. The number of fused-ring (bicyclic) bond motifs is 1. The van der Waals surface area contributed by atoms with Crippen LogP contribution in [0.2, 0.25) is 18.1 Å². The average molecular weight is 429 g/mol. The van der Waals surface area contributed by atoms with E-state index in [1.165, 1.54) is 64.1 Å². The molecule has 0 spiro atoms. The number of likely N-dealkylation sites (tertiary alicyclic amines) is 1. The molecule has 0 radical (unpaired) electrons. The van der Waals surface area contributed by atoms with E-state index in [2.05, 4.69) is 39.1 Å². The first-order valence-electron chi connectivity index (χ1n) is 10.3. The normalized spacial score (nSPS) is 32.8. The van der Waals surface area contributed by atoms with E-state index >= 15 is 0 Å². The third-order valence-electron chi connectivity index (χ3n) is 7.10. The molecule has 1 saturated heterocycles. The van der Waals surface area contributed by atoms with Crippen molar-refractivity contribution >= 4 is 8.24 Å². The third-order valence-corrected chi connectivity index (χ3v) is 12.0. The van der Waals surface area contributed by atoms with E-state index in [0.717, 1.165) is 23.4 Å². The zero-order chi connectivity index (χ0) is 16.7. The predicted molar refractivity (Wildman–Crippen MR) is 123 cm³/mol. The first-order valence-corrected chi connectivity index (χ1v) is 13.1. The molecule has 1 aliphatic heterocycles. The standard InChI is InChI=1S/C20H39N2Si.3CH3.Ti/c1-6-23(5,21-20(2,3)4)19-15-18(22-13-9-10-14-22)16-11-7-8-12-17(16)19;;;;/h16-19H,6-15H2,1-5H3;3*1H3;/q4*-1;+4. The Bertz CT molecular complexity index is 406. The van der Waals surface area contributed by atoms with Crippen LogP contribution in [-0.4, -0.2) is 37.8 Å². The molecule has 5 unspecified atom stereocenters. The summed E-state index contributed by atoms with van der Waals surface area (Å²) in [6, 6.07) is 2.24. The van der Waals surface area contributed by atoms with Crippen molar-refractivity contribution in [1.29, 1.82) is 0 Å². The molecule has 3 rings (SSSR count). The molecule has 4 heteroatoms. The van der Waals surface area contributed by atoms with Gasteiger partial charge >= 0.3 is 21.7 Å². The monoisotopic (exact) mass is 428 g/mol. The molecule has 5 atom stereocenters. The second-order valence-corrected chi connectivity index (χ2v) is 14.1. The Kier molecular flexibility index (Phi) is 13.2. The van der Waals surface area contributed by atoms with Gasteiger partial charge in [-0.3, -0.25) is 0 Å². The summed E-state index contributed by atoms with van der Waals surface area (Å²) in [7, 11) is -1.53. The largest absolute Gasteiger partial charge is 4.00 e. The summed E-state index contributed by atoms with van der Waals surface area (Å²) in [6.07, 6.45) is 10.3. The van der Waals surface area contributed by atoms with Gasteiger partial charge in [0.05, 0.1) is 0 Å². The van der Waals surface area contributed by atoms with E-state index in [1.807, 2.05) is 0 Å². The van der Waals surface area contributed by atoms with E-state index in [0.29, 0.717) is 0 Å². The Hall–Kier alpha value is 0.851. The van der Waals surface area contributed by atoms with Crippen LogP contribution < -0.4 is 0 Å². The van der Waals surface area contributed by atoms with Crippen LogP contribution in [0.1, 0.15) is 72.6 Å². The molecule has 3 aliphatic rings. The minimum absolute atomic E-state index is 0. The van der Waals surface area contributed by atoms with E-state index in [9.17, 15) is 0 Å². The van der Waals surface area contributed by atoms with Crippen LogP contribution in [0.15, 0.2) is 0 Å². The zero-order valence-electron chi connectivity index (χ0n) is 19.8. The van der Waals surface area contributed by atoms with Gasteiger partial charge in [-0.15, -0.1) is 5.54 Å². The van der Waals surface area contributed by atoms with Gasteiger partial charge in [-0.1, -0.05) is 73.3 Å². The second kappa shape index (κ2) is 11.9. The molecule has 0 amide bonds. The summed E-state index contributed by atoms with van der Waals surface area (Å²) in [5, 5.41) is 0. The fourth-order valence-corrected chi connectivity index (χ4v) is 10.6. The maximum atomic E-state index is 5.51. The van der Waals surface area contributed by atoms with Crippen LogP contribution >= 0.6 is 0 Å². The summed E-state index contributed by atoms with van der Waals surface area (Å²) in [4.78, 5) is 8.39. The molecule has 0 aromatic rings. The van der Waals surface area contributed by atoms with Crippen molar-refractivity contribution in [2.24, 2.45) is 11.8 Å². The summed E-state index contributed by atoms with van der Waals surface area (Å²) >= 11 is 0. The molecule has 2 aliphatic carbocycles. The minimum atomic E-state index is -1.53. The molecule has 0 bridgehead atoms. The van der Waals surface area contributed by atoms with Gasteiger partial charge in [-0.25, -0.2) is 0 Å². The number of hydrogen-bond donors (Lipinski definition) is 0. The Morgan fingerprint density at radius 2 is 1.44 bits per heavy atom. The summed E-state index contributed by atoms with van der Waals surface area (Å²) < 4.78 is 0. The molecule has 3 fully saturated rings. The molecule has 0 aromatic heterocycles. The number of nitrogens with zero attached hydrogens (tertiary/aromatic N) is 2. The van der Waals surface area contributed by atoms with Crippen LogP contribution in [0.5, 0.6) is 0 Å². The second-order valence-electron chi connectivity index (χ2n) is 9.76. The van der Waals surface area contributed by atoms with Crippen molar-refractivity contribution in [3.8, 4) is 0 Å². The fourth-order valence-electron chi connectivity index (χ4n) is 6.17. The smallest absolute Gasteiger partial charge is 0.659 e. The Morgan fingerprint density at radius 3 is 1.93 bits per heavy atom. The van der Waals surface area contributed by atoms with Gasteiger partial charge in [-0.05, 0) is 50.6 Å². The maximum Gasteiger partial charge on any atom is 4.00 e. The first kappa shape index (κ1) is 30.0. The quantitative estimate of drug-likeness (QED) is 0.343. The molecule has 2 saturated carbocycles. The van der Waals surface area contributed by atoms with Crippen LogP contribution in [0.25, 0.3) is 4.98 Å². The predicted octanol–water partition coefficient (Wildman–Crippen LogP) is 7.15. The van der Waals surface area contributed by atoms with Gasteiger partial charge in [0.25, 0.3) is 0 Å². The van der Waals surface area contributed by atoms with Crippen molar-refractivity contribution < 1.29 is 21.7 Å². The van der Waals surface area contributed by atoms with Crippen LogP contribution in [-0.2, 0) is 21.7 Å². The SMILES string of the molecule is CC[Si](C)([N-]C(C)(C)C)C1CC(N2CCCC2)C2CCCCC21.[CH3-].[CH3-].[CH3-].[Ti+4]. The van der Waals surface area contributed by atoms with Gasteiger partial charge in [0, 0.05) is 6.04 Å². The summed E-state index contributed by atoms with van der Waals surface area (Å²) in [5.41, 5.74) is 1.09. The van der Waals surface area contributed by atoms with Crippen molar-refractivity contribution in [2.75, 3.05) is 13.1 Å².